The Morgan fingerprint density at radius 3 is 2.10 bits per heavy atom. The summed E-state index contributed by atoms with van der Waals surface area (Å²) in [7, 11) is 1.92. The fraction of sp³-hybridized carbons (Fsp3) is 0.458. The zero-order valence-electron chi connectivity index (χ0n) is 17.7. The minimum Gasteiger partial charge on any atom is -0.388 e. The van der Waals surface area contributed by atoms with Gasteiger partial charge in [0.25, 0.3) is 5.91 Å². The van der Waals surface area contributed by atoms with E-state index in [-0.39, 0.29) is 30.7 Å². The average Bonchev–Trinajstić information content (AvgIpc) is 3.27. The van der Waals surface area contributed by atoms with Gasteiger partial charge in [0.1, 0.15) is 0 Å². The second-order valence-electron chi connectivity index (χ2n) is 8.17. The first-order chi connectivity index (χ1) is 13.7. The normalized spacial score (nSPS) is 19.0. The molecule has 0 spiro atoms. The van der Waals surface area contributed by atoms with Gasteiger partial charge in [-0.15, -0.1) is 24.8 Å². The molecule has 1 atom stereocenters. The molecule has 2 aliphatic heterocycles. The van der Waals surface area contributed by atoms with Gasteiger partial charge in [-0.25, -0.2) is 0 Å². The molecule has 0 bridgehead atoms. The molecule has 4 nitrogen and oxygen atoms in total. The molecule has 2 fully saturated rings. The van der Waals surface area contributed by atoms with Crippen LogP contribution in [0.15, 0.2) is 48.5 Å². The van der Waals surface area contributed by atoms with Crippen molar-refractivity contribution in [2.24, 2.45) is 5.92 Å². The Bertz CT molecular complexity index is 789. The molecule has 2 aromatic carbocycles. The van der Waals surface area contributed by atoms with Gasteiger partial charge >= 0.3 is 0 Å². The number of likely N-dealkylation sites (tertiary alicyclic amines) is 2. The van der Waals surface area contributed by atoms with Crippen molar-refractivity contribution in [2.75, 3.05) is 45.1 Å². The number of nitrogens with zero attached hydrogens (tertiary/aromatic N) is 2. The summed E-state index contributed by atoms with van der Waals surface area (Å²) < 4.78 is 0. The van der Waals surface area contributed by atoms with Crippen molar-refractivity contribution < 1.29 is 4.79 Å². The second kappa shape index (κ2) is 11.6. The van der Waals surface area contributed by atoms with Crippen molar-refractivity contribution in [3.8, 4) is 11.1 Å². The zero-order valence-corrected chi connectivity index (χ0v) is 19.3. The van der Waals surface area contributed by atoms with Gasteiger partial charge in [0.2, 0.25) is 0 Å². The summed E-state index contributed by atoms with van der Waals surface area (Å²) in [5.41, 5.74) is 4.22. The molecule has 4 rings (SSSR count). The van der Waals surface area contributed by atoms with E-state index in [0.29, 0.717) is 5.92 Å². The molecule has 0 radical (unpaired) electrons. The molecule has 1 N–H and O–H groups in total. The maximum Gasteiger partial charge on any atom is 0.253 e. The van der Waals surface area contributed by atoms with Gasteiger partial charge in [0.05, 0.1) is 0 Å². The van der Waals surface area contributed by atoms with Crippen molar-refractivity contribution in [1.29, 1.82) is 0 Å². The molecule has 2 aliphatic rings. The zero-order chi connectivity index (χ0) is 19.3. The number of hydrogen-bond acceptors (Lipinski definition) is 3. The van der Waals surface area contributed by atoms with Gasteiger partial charge < -0.3 is 15.1 Å². The lowest BCUT2D eigenvalue weighted by Gasteiger charge is -2.34. The molecular formula is C24H33Cl2N3O. The highest BCUT2D eigenvalue weighted by Gasteiger charge is 2.26. The molecular weight excluding hydrogens is 417 g/mol. The number of rotatable bonds is 5. The van der Waals surface area contributed by atoms with E-state index < -0.39 is 0 Å². The lowest BCUT2D eigenvalue weighted by atomic mass is 9.96. The van der Waals surface area contributed by atoms with Crippen LogP contribution >= 0.6 is 24.8 Å². The Morgan fingerprint density at radius 1 is 0.900 bits per heavy atom. The largest absolute Gasteiger partial charge is 0.388 e. The minimum absolute atomic E-state index is 0. The third kappa shape index (κ3) is 5.90. The van der Waals surface area contributed by atoms with E-state index in [4.69, 9.17) is 0 Å². The molecule has 1 amide bonds. The fourth-order valence-corrected chi connectivity index (χ4v) is 4.55. The van der Waals surface area contributed by atoms with Crippen molar-refractivity contribution in [2.45, 2.75) is 25.7 Å². The summed E-state index contributed by atoms with van der Waals surface area (Å²) in [5.74, 6) is 0.809. The summed E-state index contributed by atoms with van der Waals surface area (Å²) >= 11 is 0. The van der Waals surface area contributed by atoms with Crippen LogP contribution in [0.2, 0.25) is 0 Å². The monoisotopic (exact) mass is 449 g/mol. The third-order valence-electron chi connectivity index (χ3n) is 6.16. The van der Waals surface area contributed by atoms with E-state index in [1.54, 1.807) is 0 Å². The first-order valence-electron chi connectivity index (χ1n) is 10.6. The van der Waals surface area contributed by atoms with Crippen LogP contribution in [0.1, 0.15) is 36.0 Å². The Balaban J connectivity index is 0.00000160. The summed E-state index contributed by atoms with van der Waals surface area (Å²) in [4.78, 5) is 17.7. The topological polar surface area (TPSA) is 35.6 Å². The predicted octanol–water partition coefficient (Wildman–Crippen LogP) is 5.19. The molecule has 30 heavy (non-hydrogen) atoms. The quantitative estimate of drug-likeness (QED) is 0.681. The number of amides is 1. The van der Waals surface area contributed by atoms with Gasteiger partial charge in [-0.05, 0) is 80.1 Å². The molecule has 1 unspecified atom stereocenters. The SMILES string of the molecule is CNc1ccc(-c2ccc(C(=O)N3CCCC(CN4CCCC4)C3)cc2)cc1.Cl.Cl. The first-order valence-corrected chi connectivity index (χ1v) is 10.6. The number of nitrogens with one attached hydrogen (secondary N) is 1. The highest BCUT2D eigenvalue weighted by Crippen LogP contribution is 2.24. The first kappa shape index (κ1) is 24.5. The Labute approximate surface area is 192 Å². The molecule has 6 heteroatoms. The smallest absolute Gasteiger partial charge is 0.253 e. The predicted molar refractivity (Wildman–Crippen MR) is 130 cm³/mol. The number of carbonyl (C=O) groups is 1. The summed E-state index contributed by atoms with van der Waals surface area (Å²) in [6, 6.07) is 16.4. The van der Waals surface area contributed by atoms with Gasteiger partial charge in [-0.2, -0.15) is 0 Å². The second-order valence-corrected chi connectivity index (χ2v) is 8.17. The number of halogens is 2. The van der Waals surface area contributed by atoms with E-state index >= 15 is 0 Å². The molecule has 0 saturated carbocycles. The van der Waals surface area contributed by atoms with E-state index in [2.05, 4.69) is 51.5 Å². The summed E-state index contributed by atoms with van der Waals surface area (Å²) in [6.45, 7) is 5.43. The lowest BCUT2D eigenvalue weighted by Crippen LogP contribution is -2.43. The molecule has 2 aromatic rings. The van der Waals surface area contributed by atoms with Crippen LogP contribution in [0, 0.1) is 5.92 Å². The number of piperidine rings is 1. The highest BCUT2D eigenvalue weighted by atomic mass is 35.5. The molecule has 2 saturated heterocycles. The van der Waals surface area contributed by atoms with E-state index in [1.165, 1.54) is 37.9 Å². The van der Waals surface area contributed by atoms with Crippen LogP contribution in [-0.2, 0) is 0 Å². The number of anilines is 1. The van der Waals surface area contributed by atoms with Crippen LogP contribution in [0.4, 0.5) is 5.69 Å². The minimum atomic E-state index is 0. The molecule has 0 aliphatic carbocycles. The molecule has 2 heterocycles. The van der Waals surface area contributed by atoms with Gasteiger partial charge in [0, 0.05) is 37.9 Å². The summed E-state index contributed by atoms with van der Waals surface area (Å²) in [6.07, 6.45) is 5.04. The van der Waals surface area contributed by atoms with Crippen molar-refractivity contribution in [3.05, 3.63) is 54.1 Å². The van der Waals surface area contributed by atoms with E-state index in [0.717, 1.165) is 42.9 Å². The van der Waals surface area contributed by atoms with E-state index in [9.17, 15) is 4.79 Å². The van der Waals surface area contributed by atoms with Gasteiger partial charge in [0.15, 0.2) is 0 Å². The average molecular weight is 450 g/mol. The number of benzene rings is 2. The Hall–Kier alpha value is -1.75. The Morgan fingerprint density at radius 2 is 1.50 bits per heavy atom. The van der Waals surface area contributed by atoms with Crippen LogP contribution in [0.25, 0.3) is 11.1 Å². The van der Waals surface area contributed by atoms with Crippen molar-refractivity contribution >= 4 is 36.4 Å². The van der Waals surface area contributed by atoms with Crippen molar-refractivity contribution in [1.82, 2.24) is 9.80 Å². The highest BCUT2D eigenvalue weighted by molar-refractivity contribution is 5.94. The molecule has 164 valence electrons. The summed E-state index contributed by atoms with van der Waals surface area (Å²) in [5, 5.41) is 3.14. The van der Waals surface area contributed by atoms with E-state index in [1.807, 2.05) is 19.2 Å². The standard InChI is InChI=1S/C24H31N3O.2ClH/c1-25-23-12-10-21(11-13-23)20-6-8-22(9-7-20)24(28)27-16-4-5-19(18-27)17-26-14-2-3-15-26;;/h6-13,19,25H,2-5,14-18H2,1H3;2*1H. The van der Waals surface area contributed by atoms with Gasteiger partial charge in [-0.1, -0.05) is 24.3 Å². The van der Waals surface area contributed by atoms with Crippen LogP contribution < -0.4 is 5.32 Å². The molecule has 0 aromatic heterocycles. The fourth-order valence-electron chi connectivity index (χ4n) is 4.55. The lowest BCUT2D eigenvalue weighted by molar-refractivity contribution is 0.0648. The number of hydrogen-bond donors (Lipinski definition) is 1. The Kier molecular flexibility index (Phi) is 9.47. The van der Waals surface area contributed by atoms with Crippen LogP contribution in [-0.4, -0.2) is 55.5 Å². The van der Waals surface area contributed by atoms with Crippen LogP contribution in [0.3, 0.4) is 0 Å². The van der Waals surface area contributed by atoms with Gasteiger partial charge in [-0.3, -0.25) is 4.79 Å². The van der Waals surface area contributed by atoms with Crippen molar-refractivity contribution in [3.63, 3.8) is 0 Å². The van der Waals surface area contributed by atoms with Crippen LogP contribution in [0.5, 0.6) is 0 Å². The third-order valence-corrected chi connectivity index (χ3v) is 6.16. The maximum absolute atomic E-state index is 13.0. The maximum atomic E-state index is 13.0. The number of carbonyl (C=O) groups excluding carboxylic acids is 1.